The fraction of sp³-hybridized carbons (Fsp3) is 0.933. The van der Waals surface area contributed by atoms with E-state index in [4.69, 9.17) is 4.74 Å². The quantitative estimate of drug-likeness (QED) is 0.863. The summed E-state index contributed by atoms with van der Waals surface area (Å²) in [6.07, 6.45) is 8.83. The van der Waals surface area contributed by atoms with Crippen molar-refractivity contribution in [1.29, 1.82) is 0 Å². The van der Waals surface area contributed by atoms with E-state index in [0.29, 0.717) is 19.2 Å². The van der Waals surface area contributed by atoms with Crippen molar-refractivity contribution in [2.75, 3.05) is 26.2 Å². The van der Waals surface area contributed by atoms with Crippen LogP contribution < -0.4 is 5.32 Å². The fourth-order valence-corrected chi connectivity index (χ4v) is 3.36. The minimum atomic E-state index is -0.238. The van der Waals surface area contributed by atoms with Gasteiger partial charge in [-0.3, -0.25) is 4.79 Å². The van der Waals surface area contributed by atoms with Gasteiger partial charge >= 0.3 is 0 Å². The van der Waals surface area contributed by atoms with Crippen LogP contribution in [0.2, 0.25) is 0 Å². The highest BCUT2D eigenvalue weighted by Gasteiger charge is 2.37. The fourth-order valence-electron chi connectivity index (χ4n) is 3.36. The molecule has 1 N–H and O–H groups in total. The van der Waals surface area contributed by atoms with E-state index in [0.717, 1.165) is 19.0 Å². The first-order valence-electron chi connectivity index (χ1n) is 7.97. The number of carbonyl (C=O) groups is 1. The molecule has 4 nitrogen and oxygen atoms in total. The minimum absolute atomic E-state index is 0. The number of morpholine rings is 1. The van der Waals surface area contributed by atoms with Gasteiger partial charge < -0.3 is 15.0 Å². The predicted molar refractivity (Wildman–Crippen MR) is 81.2 cm³/mol. The van der Waals surface area contributed by atoms with Crippen molar-refractivity contribution in [2.24, 2.45) is 5.92 Å². The number of nitrogens with zero attached hydrogens (tertiary/aromatic N) is 1. The van der Waals surface area contributed by atoms with E-state index in [9.17, 15) is 4.79 Å². The van der Waals surface area contributed by atoms with Gasteiger partial charge in [0, 0.05) is 25.7 Å². The summed E-state index contributed by atoms with van der Waals surface area (Å²) >= 11 is 0. The van der Waals surface area contributed by atoms with Crippen LogP contribution in [0.1, 0.15) is 44.9 Å². The lowest BCUT2D eigenvalue weighted by atomic mass is 9.89. The second-order valence-corrected chi connectivity index (χ2v) is 6.29. The zero-order valence-corrected chi connectivity index (χ0v) is 13.0. The Hall–Kier alpha value is -0.320. The van der Waals surface area contributed by atoms with Gasteiger partial charge in [-0.15, -0.1) is 12.4 Å². The normalized spacial score (nSPS) is 27.7. The molecule has 2 aliphatic carbocycles. The first-order chi connectivity index (χ1) is 9.34. The Balaban J connectivity index is 0.00000147. The number of hydrogen-bond acceptors (Lipinski definition) is 3. The Bertz CT molecular complexity index is 311. The van der Waals surface area contributed by atoms with Gasteiger partial charge in [0.1, 0.15) is 6.10 Å². The second kappa shape index (κ2) is 7.62. The molecule has 0 aromatic heterocycles. The second-order valence-electron chi connectivity index (χ2n) is 6.29. The Morgan fingerprint density at radius 2 is 1.90 bits per heavy atom. The van der Waals surface area contributed by atoms with Crippen molar-refractivity contribution >= 4 is 18.3 Å². The third-order valence-corrected chi connectivity index (χ3v) is 4.65. The highest BCUT2D eigenvalue weighted by Crippen LogP contribution is 2.32. The summed E-state index contributed by atoms with van der Waals surface area (Å²) in [4.78, 5) is 14.8. The molecule has 1 amide bonds. The van der Waals surface area contributed by atoms with Gasteiger partial charge in [-0.05, 0) is 31.6 Å². The maximum Gasteiger partial charge on any atom is 0.253 e. The van der Waals surface area contributed by atoms with Crippen molar-refractivity contribution in [3.05, 3.63) is 0 Å². The van der Waals surface area contributed by atoms with Crippen LogP contribution >= 0.6 is 12.4 Å². The molecule has 1 heterocycles. The van der Waals surface area contributed by atoms with Crippen molar-refractivity contribution in [3.8, 4) is 0 Å². The van der Waals surface area contributed by atoms with Gasteiger partial charge in [0.2, 0.25) is 0 Å². The van der Waals surface area contributed by atoms with Crippen molar-refractivity contribution in [1.82, 2.24) is 10.2 Å². The van der Waals surface area contributed by atoms with Crippen LogP contribution in [0.3, 0.4) is 0 Å². The monoisotopic (exact) mass is 302 g/mol. The molecule has 0 radical (unpaired) electrons. The maximum atomic E-state index is 12.6. The summed E-state index contributed by atoms with van der Waals surface area (Å²) in [5.74, 6) is 0.968. The first kappa shape index (κ1) is 16.1. The SMILES string of the molecule is Cl.O=C(C1CNCCO1)N(CC1CCCCC1)C1CC1. The topological polar surface area (TPSA) is 41.6 Å². The first-order valence-corrected chi connectivity index (χ1v) is 7.97. The molecule has 116 valence electrons. The van der Waals surface area contributed by atoms with Crippen LogP contribution in [0, 0.1) is 5.92 Å². The molecule has 1 aliphatic heterocycles. The molecule has 20 heavy (non-hydrogen) atoms. The van der Waals surface area contributed by atoms with E-state index in [2.05, 4.69) is 10.2 Å². The van der Waals surface area contributed by atoms with E-state index in [1.54, 1.807) is 0 Å². The van der Waals surface area contributed by atoms with Crippen LogP contribution in [0.25, 0.3) is 0 Å². The van der Waals surface area contributed by atoms with Crippen molar-refractivity contribution in [3.63, 3.8) is 0 Å². The molecule has 3 aliphatic rings. The molecule has 3 fully saturated rings. The van der Waals surface area contributed by atoms with Gasteiger partial charge in [0.25, 0.3) is 5.91 Å². The molecule has 1 unspecified atom stereocenters. The number of ether oxygens (including phenoxy) is 1. The van der Waals surface area contributed by atoms with Crippen molar-refractivity contribution < 1.29 is 9.53 Å². The molecule has 5 heteroatoms. The van der Waals surface area contributed by atoms with E-state index in [-0.39, 0.29) is 24.4 Å². The van der Waals surface area contributed by atoms with Gasteiger partial charge in [-0.1, -0.05) is 19.3 Å². The Labute approximate surface area is 128 Å². The number of rotatable bonds is 4. The number of carbonyl (C=O) groups excluding carboxylic acids is 1. The van der Waals surface area contributed by atoms with E-state index in [1.165, 1.54) is 44.9 Å². The summed E-state index contributed by atoms with van der Waals surface area (Å²) in [6, 6.07) is 0.514. The van der Waals surface area contributed by atoms with Crippen LogP contribution in [0.15, 0.2) is 0 Å². The lowest BCUT2D eigenvalue weighted by Crippen LogP contribution is -2.51. The van der Waals surface area contributed by atoms with Crippen LogP contribution in [0.4, 0.5) is 0 Å². The summed E-state index contributed by atoms with van der Waals surface area (Å²) in [5.41, 5.74) is 0. The molecule has 0 aromatic carbocycles. The summed E-state index contributed by atoms with van der Waals surface area (Å²) < 4.78 is 5.63. The third-order valence-electron chi connectivity index (χ3n) is 4.65. The Morgan fingerprint density at radius 3 is 2.50 bits per heavy atom. The summed E-state index contributed by atoms with van der Waals surface area (Å²) in [7, 11) is 0. The Morgan fingerprint density at radius 1 is 1.15 bits per heavy atom. The van der Waals surface area contributed by atoms with Gasteiger partial charge in [0.15, 0.2) is 0 Å². The molecule has 0 bridgehead atoms. The lowest BCUT2D eigenvalue weighted by Gasteiger charge is -2.33. The highest BCUT2D eigenvalue weighted by atomic mass is 35.5. The van der Waals surface area contributed by atoms with Crippen LogP contribution in [-0.4, -0.2) is 49.2 Å². The van der Waals surface area contributed by atoms with Crippen LogP contribution in [0.5, 0.6) is 0 Å². The molecule has 1 atom stereocenters. The zero-order chi connectivity index (χ0) is 13.1. The van der Waals surface area contributed by atoms with Crippen molar-refractivity contribution in [2.45, 2.75) is 57.1 Å². The molecular formula is C15H27ClN2O2. The molecule has 0 spiro atoms. The third kappa shape index (κ3) is 4.09. The number of hydrogen-bond donors (Lipinski definition) is 1. The maximum absolute atomic E-state index is 12.6. The average molecular weight is 303 g/mol. The predicted octanol–water partition coefficient (Wildman–Crippen LogP) is 1.97. The number of amides is 1. The molecule has 0 aromatic rings. The summed E-state index contributed by atoms with van der Waals surface area (Å²) in [6.45, 7) is 3.20. The van der Waals surface area contributed by atoms with Gasteiger partial charge in [-0.25, -0.2) is 0 Å². The standard InChI is InChI=1S/C15H26N2O2.ClH/c18-15(14-10-16-8-9-19-14)17(13-6-7-13)11-12-4-2-1-3-5-12;/h12-14,16H,1-11H2;1H. The van der Waals surface area contributed by atoms with Gasteiger partial charge in [-0.2, -0.15) is 0 Å². The molecule has 1 saturated heterocycles. The Kier molecular flexibility index (Phi) is 6.12. The smallest absolute Gasteiger partial charge is 0.253 e. The zero-order valence-electron chi connectivity index (χ0n) is 12.2. The van der Waals surface area contributed by atoms with Crippen LogP contribution in [-0.2, 0) is 9.53 Å². The van der Waals surface area contributed by atoms with Gasteiger partial charge in [0.05, 0.1) is 6.61 Å². The number of nitrogens with one attached hydrogen (secondary N) is 1. The molecular weight excluding hydrogens is 276 g/mol. The lowest BCUT2D eigenvalue weighted by molar-refractivity contribution is -0.146. The largest absolute Gasteiger partial charge is 0.366 e. The van der Waals surface area contributed by atoms with E-state index >= 15 is 0 Å². The molecule has 3 rings (SSSR count). The van der Waals surface area contributed by atoms with E-state index < -0.39 is 0 Å². The number of halogens is 1. The minimum Gasteiger partial charge on any atom is -0.366 e. The summed E-state index contributed by atoms with van der Waals surface area (Å²) in [5, 5.41) is 3.26. The molecule has 2 saturated carbocycles. The highest BCUT2D eigenvalue weighted by molar-refractivity contribution is 5.85. The average Bonchev–Trinajstić information content (AvgIpc) is 3.31. The van der Waals surface area contributed by atoms with E-state index in [1.807, 2.05) is 0 Å².